The van der Waals surface area contributed by atoms with Crippen molar-refractivity contribution in [2.24, 2.45) is 27.9 Å². The maximum Gasteiger partial charge on any atom is 0.278 e. The predicted octanol–water partition coefficient (Wildman–Crippen LogP) is 5.20. The van der Waals surface area contributed by atoms with Gasteiger partial charge in [-0.25, -0.2) is 4.98 Å². The Morgan fingerprint density at radius 3 is 2.31 bits per heavy atom. The summed E-state index contributed by atoms with van der Waals surface area (Å²) >= 11 is 6.29. The number of imide groups is 1. The van der Waals surface area contributed by atoms with Gasteiger partial charge in [0.1, 0.15) is 35.3 Å². The number of anilines is 2. The lowest BCUT2D eigenvalue weighted by atomic mass is 9.48. The molecule has 2 N–H and O–H groups in total. The number of aromatic nitrogens is 4. The van der Waals surface area contributed by atoms with Crippen LogP contribution in [-0.2, 0) is 9.59 Å². The van der Waals surface area contributed by atoms with Gasteiger partial charge in [-0.15, -0.1) is 5.10 Å². The summed E-state index contributed by atoms with van der Waals surface area (Å²) in [5, 5.41) is 18.6. The molecule has 4 saturated heterocycles. The molecule has 1 atom stereocenters. The summed E-state index contributed by atoms with van der Waals surface area (Å²) in [5.41, 5.74) is 6.10. The number of primary amides is 1. The van der Waals surface area contributed by atoms with Crippen LogP contribution in [0.1, 0.15) is 88.2 Å². The Kier molecular flexibility index (Phi) is 10.5. The van der Waals surface area contributed by atoms with Crippen molar-refractivity contribution >= 4 is 51.7 Å². The summed E-state index contributed by atoms with van der Waals surface area (Å²) in [6, 6.07) is 14.8. The summed E-state index contributed by atoms with van der Waals surface area (Å²) in [6.07, 6.45) is 5.89. The maximum absolute atomic E-state index is 14.4. The number of nitrogens with two attached hydrogens (primary N) is 1. The molecule has 5 fully saturated rings. The zero-order valence-electron chi connectivity index (χ0n) is 35.7. The quantitative estimate of drug-likeness (QED) is 0.218. The molecule has 324 valence electrons. The van der Waals surface area contributed by atoms with Gasteiger partial charge in [-0.1, -0.05) is 44.5 Å². The lowest BCUT2D eigenvalue weighted by Gasteiger charge is -2.65. The number of nitrogens with zero attached hydrogens (tertiary/aromatic N) is 9. The molecule has 1 spiro atoms. The average Bonchev–Trinajstić information content (AvgIpc) is 3.24. The van der Waals surface area contributed by atoms with Gasteiger partial charge in [-0.05, 0) is 93.6 Å². The van der Waals surface area contributed by atoms with Crippen molar-refractivity contribution in [1.82, 2.24) is 29.8 Å². The highest BCUT2D eigenvalue weighted by atomic mass is 35.5. The first kappa shape index (κ1) is 41.7. The Hall–Kier alpha value is -5.59. The average molecular weight is 861 g/mol. The number of ether oxygens (including phenoxy) is 1. The molecule has 62 heavy (non-hydrogen) atoms. The lowest BCUT2D eigenvalue weighted by molar-refractivity contribution is -0.216. The first-order chi connectivity index (χ1) is 29.6. The van der Waals surface area contributed by atoms with E-state index in [1.807, 2.05) is 52.0 Å². The minimum Gasteiger partial charge on any atom is -0.489 e. The number of rotatable bonds is 9. The maximum atomic E-state index is 14.4. The smallest absolute Gasteiger partial charge is 0.278 e. The lowest BCUT2D eigenvalue weighted by Crippen LogP contribution is -2.77. The van der Waals surface area contributed by atoms with E-state index in [9.17, 15) is 24.4 Å². The number of likely N-dealkylation sites (tertiary alicyclic amines) is 2. The van der Waals surface area contributed by atoms with Gasteiger partial charge in [-0.3, -0.25) is 24.1 Å². The standard InChI is InChI=1S/C46H53ClN10O5/c1-44(2)42(45(3,4)43(44)62-32-8-5-29(23-48)34(47)22-32)56-38(58)12-10-36(41(56)61)57-40(60)33-21-31(7-9-35(33)51-52-57)55-26-46(27-55)15-19-53(20-16-46)25-28-13-17-54(18-14-28)37-11-6-30(24-50-37)39(49)59/h5-9,11,21-22,24,28,36,42-43H,10,12-20,25-27H2,1-4H3,(H2,49,59). The zero-order chi connectivity index (χ0) is 43.7. The third-order valence-corrected chi connectivity index (χ3v) is 14.9. The molecule has 1 unspecified atom stereocenters. The van der Waals surface area contributed by atoms with Crippen LogP contribution in [-0.4, -0.2) is 105 Å². The molecule has 3 amide bonds. The number of carbonyl (C=O) groups is 3. The van der Waals surface area contributed by atoms with Gasteiger partial charge in [0, 0.05) is 73.3 Å². The van der Waals surface area contributed by atoms with E-state index in [1.165, 1.54) is 9.58 Å². The summed E-state index contributed by atoms with van der Waals surface area (Å²) in [7, 11) is 0. The number of amides is 3. The monoisotopic (exact) mass is 860 g/mol. The van der Waals surface area contributed by atoms with Gasteiger partial charge >= 0.3 is 0 Å². The molecule has 16 heteroatoms. The van der Waals surface area contributed by atoms with Crippen molar-refractivity contribution in [2.75, 3.05) is 55.6 Å². The van der Waals surface area contributed by atoms with E-state index < -0.39 is 46.4 Å². The van der Waals surface area contributed by atoms with Crippen molar-refractivity contribution in [3.8, 4) is 11.8 Å². The Bertz CT molecular complexity index is 2510. The molecule has 6 heterocycles. The normalized spacial score (nSPS) is 24.7. The first-order valence-corrected chi connectivity index (χ1v) is 22.1. The SMILES string of the molecule is CC1(C)C(Oc2ccc(C#N)c(Cl)c2)C(C)(C)C1N1C(=O)CCC(n2nnc3ccc(N4CC5(CCN(CC6CCN(c7ccc(C(N)=O)cn7)CC6)CC5)C4)cc3c2=O)C1=O. The molecule has 1 aliphatic carbocycles. The number of fused-ring (bicyclic) bond motifs is 1. The number of hydrogen-bond donors (Lipinski definition) is 1. The van der Waals surface area contributed by atoms with E-state index in [2.05, 4.69) is 36.1 Å². The van der Waals surface area contributed by atoms with Crippen molar-refractivity contribution in [3.05, 3.63) is 81.2 Å². The van der Waals surface area contributed by atoms with E-state index >= 15 is 0 Å². The second-order valence-corrected chi connectivity index (χ2v) is 19.8. The number of hydrogen-bond acceptors (Lipinski definition) is 12. The molecule has 2 aromatic heterocycles. The van der Waals surface area contributed by atoms with Crippen LogP contribution < -0.4 is 25.8 Å². The molecule has 1 saturated carbocycles. The van der Waals surface area contributed by atoms with E-state index in [1.54, 1.807) is 30.5 Å². The van der Waals surface area contributed by atoms with Crippen LogP contribution >= 0.6 is 11.6 Å². The Labute approximate surface area is 365 Å². The van der Waals surface area contributed by atoms with Gasteiger partial charge in [-0.2, -0.15) is 9.94 Å². The van der Waals surface area contributed by atoms with Crippen LogP contribution in [0, 0.1) is 33.5 Å². The topological polar surface area (TPSA) is 184 Å². The largest absolute Gasteiger partial charge is 0.489 e. The highest BCUT2D eigenvalue weighted by Gasteiger charge is 2.68. The van der Waals surface area contributed by atoms with Gasteiger partial charge in [0.2, 0.25) is 11.8 Å². The summed E-state index contributed by atoms with van der Waals surface area (Å²) in [6.45, 7) is 14.9. The fourth-order valence-electron chi connectivity index (χ4n) is 11.5. The number of halogens is 1. The Morgan fingerprint density at radius 2 is 1.66 bits per heavy atom. The third kappa shape index (κ3) is 7.24. The molecular formula is C46H53ClN10O5. The van der Waals surface area contributed by atoms with Crippen LogP contribution in [0.25, 0.3) is 10.9 Å². The minimum atomic E-state index is -0.978. The number of pyridine rings is 1. The number of nitriles is 1. The Morgan fingerprint density at radius 1 is 0.935 bits per heavy atom. The number of piperidine rings is 3. The van der Waals surface area contributed by atoms with Crippen LogP contribution in [0.3, 0.4) is 0 Å². The summed E-state index contributed by atoms with van der Waals surface area (Å²) in [5.74, 6) is 0.815. The second-order valence-electron chi connectivity index (χ2n) is 19.4. The highest BCUT2D eigenvalue weighted by molar-refractivity contribution is 6.31. The van der Waals surface area contributed by atoms with Crippen LogP contribution in [0.2, 0.25) is 5.02 Å². The fraction of sp³-hybridized carbons (Fsp3) is 0.522. The molecule has 0 radical (unpaired) electrons. The van der Waals surface area contributed by atoms with Crippen molar-refractivity contribution < 1.29 is 19.1 Å². The molecule has 5 aliphatic rings. The van der Waals surface area contributed by atoms with Crippen molar-refractivity contribution in [2.45, 2.75) is 84.4 Å². The minimum absolute atomic E-state index is 0.0853. The van der Waals surface area contributed by atoms with Crippen molar-refractivity contribution in [1.29, 1.82) is 5.26 Å². The van der Waals surface area contributed by atoms with E-state index in [4.69, 9.17) is 22.1 Å². The molecule has 0 bridgehead atoms. The van der Waals surface area contributed by atoms with Gasteiger partial charge in [0.25, 0.3) is 11.5 Å². The van der Waals surface area contributed by atoms with E-state index in [-0.39, 0.29) is 29.2 Å². The third-order valence-electron chi connectivity index (χ3n) is 14.5. The molecule has 9 rings (SSSR count). The summed E-state index contributed by atoms with van der Waals surface area (Å²) < 4.78 is 7.61. The van der Waals surface area contributed by atoms with Crippen LogP contribution in [0.15, 0.2) is 59.5 Å². The Balaban J connectivity index is 0.821. The summed E-state index contributed by atoms with van der Waals surface area (Å²) in [4.78, 5) is 66.7. The van der Waals surface area contributed by atoms with Gasteiger partial charge < -0.3 is 25.2 Å². The molecule has 4 aliphatic heterocycles. The predicted molar refractivity (Wildman–Crippen MR) is 234 cm³/mol. The van der Waals surface area contributed by atoms with E-state index in [0.717, 1.165) is 83.0 Å². The van der Waals surface area contributed by atoms with Gasteiger partial charge in [0.05, 0.1) is 27.6 Å². The fourth-order valence-corrected chi connectivity index (χ4v) is 11.7. The number of benzene rings is 2. The molecule has 4 aromatic rings. The van der Waals surface area contributed by atoms with Crippen molar-refractivity contribution in [3.63, 3.8) is 0 Å². The zero-order valence-corrected chi connectivity index (χ0v) is 36.5. The van der Waals surface area contributed by atoms with Crippen LogP contribution in [0.4, 0.5) is 11.5 Å². The van der Waals surface area contributed by atoms with E-state index in [0.29, 0.717) is 33.7 Å². The number of carbonyl (C=O) groups excluding carboxylic acids is 3. The van der Waals surface area contributed by atoms with Crippen LogP contribution in [0.5, 0.6) is 5.75 Å². The highest BCUT2D eigenvalue weighted by Crippen LogP contribution is 2.59. The molecular weight excluding hydrogens is 808 g/mol. The van der Waals surface area contributed by atoms with Gasteiger partial charge in [0.15, 0.2) is 0 Å². The molecule has 2 aromatic carbocycles. The first-order valence-electron chi connectivity index (χ1n) is 21.7. The molecule has 15 nitrogen and oxygen atoms in total. The second kappa shape index (κ2) is 15.6.